The number of sulfonamides is 1. The first-order valence-corrected chi connectivity index (χ1v) is 7.62. The summed E-state index contributed by atoms with van der Waals surface area (Å²) in [6, 6.07) is 1.36. The minimum Gasteiger partial charge on any atom is -0.320 e. The third-order valence-corrected chi connectivity index (χ3v) is 5.02. The first-order valence-electron chi connectivity index (χ1n) is 4.56. The first kappa shape index (κ1) is 14.2. The maximum atomic E-state index is 11.8. The van der Waals surface area contributed by atoms with Crippen molar-refractivity contribution in [2.24, 2.45) is 0 Å². The summed E-state index contributed by atoms with van der Waals surface area (Å²) in [6.45, 7) is 1.12. The van der Waals surface area contributed by atoms with Crippen LogP contribution in [0.5, 0.6) is 0 Å². The summed E-state index contributed by atoms with van der Waals surface area (Å²) in [4.78, 5) is 0.0497. The molecule has 0 bridgehead atoms. The molecule has 1 rings (SSSR count). The van der Waals surface area contributed by atoms with Crippen molar-refractivity contribution in [1.82, 2.24) is 10.0 Å². The second kappa shape index (κ2) is 6.18. The highest BCUT2D eigenvalue weighted by Crippen LogP contribution is 2.33. The van der Waals surface area contributed by atoms with E-state index in [0.29, 0.717) is 17.3 Å². The summed E-state index contributed by atoms with van der Waals surface area (Å²) in [6.07, 6.45) is 0.714. The number of thiophene rings is 1. The van der Waals surface area contributed by atoms with Crippen LogP contribution < -0.4 is 10.0 Å². The fraction of sp³-hybridized carbons (Fsp3) is 0.500. The molecule has 0 aliphatic heterocycles. The van der Waals surface area contributed by atoms with Crippen molar-refractivity contribution in [3.8, 4) is 0 Å². The summed E-state index contributed by atoms with van der Waals surface area (Å²) in [5.74, 6) is 0. The van der Waals surface area contributed by atoms with Gasteiger partial charge in [0.2, 0.25) is 10.0 Å². The molecule has 4 nitrogen and oxygen atoms in total. The van der Waals surface area contributed by atoms with Gasteiger partial charge in [0.05, 0.1) is 4.34 Å². The Labute approximate surface area is 109 Å². The van der Waals surface area contributed by atoms with Gasteiger partial charge in [-0.3, -0.25) is 0 Å². The van der Waals surface area contributed by atoms with Gasteiger partial charge in [0.15, 0.2) is 0 Å². The van der Waals surface area contributed by atoms with Crippen molar-refractivity contribution in [2.45, 2.75) is 11.3 Å². The van der Waals surface area contributed by atoms with E-state index in [0.717, 1.165) is 17.9 Å². The highest BCUT2D eigenvalue weighted by Gasteiger charge is 2.20. The Hall–Kier alpha value is 0.150. The van der Waals surface area contributed by atoms with Crippen LogP contribution in [0.3, 0.4) is 0 Å². The van der Waals surface area contributed by atoms with Crippen molar-refractivity contribution in [1.29, 1.82) is 0 Å². The van der Waals surface area contributed by atoms with Crippen LogP contribution in [0.4, 0.5) is 0 Å². The molecule has 1 aromatic rings. The third-order valence-electron chi connectivity index (χ3n) is 1.81. The molecular formula is C8H12Cl2N2O2S2. The van der Waals surface area contributed by atoms with E-state index in [1.165, 1.54) is 6.07 Å². The zero-order valence-electron chi connectivity index (χ0n) is 8.59. The van der Waals surface area contributed by atoms with Crippen LogP contribution in [0.2, 0.25) is 8.67 Å². The number of hydrogen-bond donors (Lipinski definition) is 2. The molecule has 0 saturated heterocycles. The number of halogens is 2. The van der Waals surface area contributed by atoms with Gasteiger partial charge in [-0.25, -0.2) is 13.1 Å². The van der Waals surface area contributed by atoms with E-state index in [1.807, 2.05) is 7.05 Å². The van der Waals surface area contributed by atoms with E-state index < -0.39 is 10.0 Å². The molecule has 1 heterocycles. The van der Waals surface area contributed by atoms with E-state index in [1.54, 1.807) is 0 Å². The van der Waals surface area contributed by atoms with Gasteiger partial charge in [-0.15, -0.1) is 11.3 Å². The summed E-state index contributed by atoms with van der Waals surface area (Å²) in [5, 5.41) is 2.93. The molecule has 16 heavy (non-hydrogen) atoms. The van der Waals surface area contributed by atoms with Gasteiger partial charge < -0.3 is 5.32 Å². The fourth-order valence-corrected chi connectivity index (χ4v) is 4.28. The second-order valence-electron chi connectivity index (χ2n) is 3.04. The van der Waals surface area contributed by atoms with Crippen molar-refractivity contribution >= 4 is 44.6 Å². The molecule has 0 aromatic carbocycles. The molecule has 0 amide bonds. The highest BCUT2D eigenvalue weighted by atomic mass is 35.5. The summed E-state index contributed by atoms with van der Waals surface area (Å²) in [5.41, 5.74) is 0. The summed E-state index contributed by atoms with van der Waals surface area (Å²) in [7, 11) is -1.72. The van der Waals surface area contributed by atoms with Gasteiger partial charge in [0, 0.05) is 6.54 Å². The lowest BCUT2D eigenvalue weighted by Crippen LogP contribution is -2.26. The molecule has 0 aliphatic carbocycles. The van der Waals surface area contributed by atoms with Gasteiger partial charge in [0.25, 0.3) is 0 Å². The first-order chi connectivity index (χ1) is 7.47. The van der Waals surface area contributed by atoms with E-state index in [4.69, 9.17) is 23.2 Å². The van der Waals surface area contributed by atoms with Crippen molar-refractivity contribution in [3.05, 3.63) is 14.7 Å². The molecule has 0 fully saturated rings. The van der Waals surface area contributed by atoms with Gasteiger partial charge in [-0.2, -0.15) is 0 Å². The molecule has 1 aromatic heterocycles. The van der Waals surface area contributed by atoms with Gasteiger partial charge in [-0.1, -0.05) is 23.2 Å². The molecule has 0 saturated carbocycles. The van der Waals surface area contributed by atoms with Gasteiger partial charge in [-0.05, 0) is 26.1 Å². The Bertz CT molecular complexity index is 445. The molecular weight excluding hydrogens is 291 g/mol. The van der Waals surface area contributed by atoms with E-state index >= 15 is 0 Å². The van der Waals surface area contributed by atoms with E-state index in [2.05, 4.69) is 10.0 Å². The quantitative estimate of drug-likeness (QED) is 0.790. The van der Waals surface area contributed by atoms with Gasteiger partial charge in [0.1, 0.15) is 9.23 Å². The lowest BCUT2D eigenvalue weighted by Gasteiger charge is -2.04. The predicted octanol–water partition coefficient (Wildman–Crippen LogP) is 1.94. The Balaban J connectivity index is 2.67. The maximum absolute atomic E-state index is 11.8. The van der Waals surface area contributed by atoms with Crippen molar-refractivity contribution in [3.63, 3.8) is 0 Å². The Morgan fingerprint density at radius 2 is 2.06 bits per heavy atom. The van der Waals surface area contributed by atoms with Crippen molar-refractivity contribution < 1.29 is 8.42 Å². The Kier molecular flexibility index (Phi) is 5.49. The summed E-state index contributed by atoms with van der Waals surface area (Å²) >= 11 is 12.5. The Morgan fingerprint density at radius 1 is 1.38 bits per heavy atom. The standard InChI is InChI=1S/C8H12Cl2N2O2S2/c1-11-3-2-4-12-16(13,14)6-5-7(9)15-8(6)10/h5,11-12H,2-4H2,1H3. The van der Waals surface area contributed by atoms with Crippen LogP contribution in [0.15, 0.2) is 11.0 Å². The fourth-order valence-electron chi connectivity index (χ4n) is 1.06. The number of rotatable bonds is 6. The van der Waals surface area contributed by atoms with E-state index in [-0.39, 0.29) is 9.23 Å². The Morgan fingerprint density at radius 3 is 2.56 bits per heavy atom. The molecule has 0 spiro atoms. The SMILES string of the molecule is CNCCCNS(=O)(=O)c1cc(Cl)sc1Cl. The van der Waals surface area contributed by atoms with Gasteiger partial charge >= 0.3 is 0 Å². The third kappa shape index (κ3) is 3.87. The molecule has 0 unspecified atom stereocenters. The minimum atomic E-state index is -3.53. The molecule has 0 aliphatic rings. The molecule has 0 atom stereocenters. The van der Waals surface area contributed by atoms with Crippen LogP contribution in [-0.4, -0.2) is 28.6 Å². The number of nitrogens with one attached hydrogen (secondary N) is 2. The van der Waals surface area contributed by atoms with Crippen LogP contribution in [0.25, 0.3) is 0 Å². The lowest BCUT2D eigenvalue weighted by molar-refractivity contribution is 0.577. The van der Waals surface area contributed by atoms with Crippen LogP contribution in [0.1, 0.15) is 6.42 Å². The monoisotopic (exact) mass is 302 g/mol. The van der Waals surface area contributed by atoms with E-state index in [9.17, 15) is 8.42 Å². The predicted molar refractivity (Wildman–Crippen MR) is 68.1 cm³/mol. The van der Waals surface area contributed by atoms with Crippen LogP contribution >= 0.6 is 34.5 Å². The molecule has 92 valence electrons. The minimum absolute atomic E-state index is 0.0497. The highest BCUT2D eigenvalue weighted by molar-refractivity contribution is 7.89. The molecule has 8 heteroatoms. The summed E-state index contributed by atoms with van der Waals surface area (Å²) < 4.78 is 26.5. The second-order valence-corrected chi connectivity index (χ2v) is 7.06. The van der Waals surface area contributed by atoms with Crippen LogP contribution in [-0.2, 0) is 10.0 Å². The zero-order valence-corrected chi connectivity index (χ0v) is 11.7. The normalized spacial score (nSPS) is 11.9. The molecule has 2 N–H and O–H groups in total. The molecule has 0 radical (unpaired) electrons. The maximum Gasteiger partial charge on any atom is 0.242 e. The van der Waals surface area contributed by atoms with Crippen LogP contribution in [0, 0.1) is 0 Å². The lowest BCUT2D eigenvalue weighted by atomic mass is 10.4. The average Bonchev–Trinajstić information content (AvgIpc) is 2.53. The topological polar surface area (TPSA) is 58.2 Å². The zero-order chi connectivity index (χ0) is 12.2. The average molecular weight is 303 g/mol. The largest absolute Gasteiger partial charge is 0.320 e. The van der Waals surface area contributed by atoms with Crippen molar-refractivity contribution in [2.75, 3.05) is 20.1 Å². The number of hydrogen-bond acceptors (Lipinski definition) is 4. The smallest absolute Gasteiger partial charge is 0.242 e.